The Morgan fingerprint density at radius 1 is 0.963 bits per heavy atom. The monoisotopic (exact) mass is 361 g/mol. The Balaban J connectivity index is 1.48. The Bertz CT molecular complexity index is 1060. The zero-order valence-electron chi connectivity index (χ0n) is 14.7. The van der Waals surface area contributed by atoms with Crippen molar-refractivity contribution in [3.8, 4) is 22.5 Å². The number of anilines is 2. The third kappa shape index (κ3) is 2.89. The van der Waals surface area contributed by atoms with E-state index >= 15 is 0 Å². The zero-order chi connectivity index (χ0) is 18.2. The molecule has 3 aromatic heterocycles. The molecule has 1 saturated heterocycles. The minimum absolute atomic E-state index is 0.393. The average Bonchev–Trinajstić information content (AvgIpc) is 3.39. The molecule has 136 valence electrons. The van der Waals surface area contributed by atoms with Gasteiger partial charge in [-0.2, -0.15) is 5.10 Å². The molecule has 8 nitrogen and oxygen atoms in total. The first kappa shape index (κ1) is 15.8. The summed E-state index contributed by atoms with van der Waals surface area (Å²) in [6, 6.07) is 8.44. The van der Waals surface area contributed by atoms with Crippen molar-refractivity contribution in [3.63, 3.8) is 0 Å². The fourth-order valence-electron chi connectivity index (χ4n) is 3.36. The first-order valence-corrected chi connectivity index (χ1v) is 8.85. The molecule has 8 heteroatoms. The molecule has 3 N–H and O–H groups in total. The summed E-state index contributed by atoms with van der Waals surface area (Å²) in [7, 11) is 0. The summed E-state index contributed by atoms with van der Waals surface area (Å²) in [5, 5.41) is 6.76. The van der Waals surface area contributed by atoms with E-state index in [0.29, 0.717) is 11.5 Å². The van der Waals surface area contributed by atoms with Crippen LogP contribution in [0.15, 0.2) is 49.1 Å². The second-order valence-corrected chi connectivity index (χ2v) is 6.50. The van der Waals surface area contributed by atoms with Crippen molar-refractivity contribution >= 4 is 17.2 Å². The molecule has 0 unspecified atom stereocenters. The third-order valence-corrected chi connectivity index (χ3v) is 4.80. The SMILES string of the molecule is Nc1nc(-c2cn[nH]c2)cn2cc(-c3ccc(N4CCOCC4)cc3)nc12. The van der Waals surface area contributed by atoms with Crippen LogP contribution in [0.2, 0.25) is 0 Å². The lowest BCUT2D eigenvalue weighted by molar-refractivity contribution is 0.122. The van der Waals surface area contributed by atoms with Gasteiger partial charge in [-0.15, -0.1) is 0 Å². The van der Waals surface area contributed by atoms with Crippen LogP contribution in [-0.4, -0.2) is 50.9 Å². The van der Waals surface area contributed by atoms with Crippen molar-refractivity contribution < 1.29 is 4.74 Å². The summed E-state index contributed by atoms with van der Waals surface area (Å²) in [6.07, 6.45) is 7.39. The topological polar surface area (TPSA) is 97.4 Å². The number of hydrogen-bond donors (Lipinski definition) is 2. The van der Waals surface area contributed by atoms with E-state index in [2.05, 4.69) is 49.3 Å². The van der Waals surface area contributed by atoms with Gasteiger partial charge in [-0.05, 0) is 12.1 Å². The number of nitrogens with two attached hydrogens (primary N) is 1. The van der Waals surface area contributed by atoms with Crippen molar-refractivity contribution in [1.29, 1.82) is 0 Å². The number of fused-ring (bicyclic) bond motifs is 1. The van der Waals surface area contributed by atoms with Crippen molar-refractivity contribution in [2.45, 2.75) is 0 Å². The Hall–Kier alpha value is -3.39. The molecule has 0 amide bonds. The molecule has 4 aromatic rings. The van der Waals surface area contributed by atoms with Gasteiger partial charge in [0.1, 0.15) is 0 Å². The van der Waals surface area contributed by atoms with Crippen LogP contribution in [0.1, 0.15) is 0 Å². The maximum atomic E-state index is 6.13. The number of nitrogens with one attached hydrogen (secondary N) is 1. The maximum absolute atomic E-state index is 6.13. The number of nitrogens with zero attached hydrogens (tertiary/aromatic N) is 5. The van der Waals surface area contributed by atoms with Crippen molar-refractivity contribution in [3.05, 3.63) is 49.1 Å². The number of aromatic amines is 1. The van der Waals surface area contributed by atoms with Gasteiger partial charge in [0, 0.05) is 48.5 Å². The van der Waals surface area contributed by atoms with Gasteiger partial charge in [-0.25, -0.2) is 9.97 Å². The maximum Gasteiger partial charge on any atom is 0.180 e. The fraction of sp³-hybridized carbons (Fsp3) is 0.211. The quantitative estimate of drug-likeness (QED) is 0.581. The molecule has 1 fully saturated rings. The number of ether oxygens (including phenoxy) is 1. The van der Waals surface area contributed by atoms with E-state index in [1.54, 1.807) is 12.4 Å². The van der Waals surface area contributed by atoms with E-state index in [1.165, 1.54) is 5.69 Å². The van der Waals surface area contributed by atoms with Crippen molar-refractivity contribution in [1.82, 2.24) is 24.6 Å². The Morgan fingerprint density at radius 3 is 2.41 bits per heavy atom. The van der Waals surface area contributed by atoms with Gasteiger partial charge in [-0.3, -0.25) is 5.10 Å². The Labute approximate surface area is 155 Å². The number of imidazole rings is 1. The molecular formula is C19H19N7O. The molecule has 1 aromatic carbocycles. The lowest BCUT2D eigenvalue weighted by atomic mass is 10.1. The third-order valence-electron chi connectivity index (χ3n) is 4.80. The van der Waals surface area contributed by atoms with Crippen LogP contribution >= 0.6 is 0 Å². The summed E-state index contributed by atoms with van der Waals surface area (Å²) >= 11 is 0. The zero-order valence-corrected chi connectivity index (χ0v) is 14.7. The van der Waals surface area contributed by atoms with Gasteiger partial charge in [0.25, 0.3) is 0 Å². The minimum Gasteiger partial charge on any atom is -0.381 e. The van der Waals surface area contributed by atoms with Crippen LogP contribution in [0, 0.1) is 0 Å². The standard InChI is InChI=1S/C19H19N7O/c20-18-19-24-16(11-26(19)12-17(23-18)14-9-21-22-10-14)13-1-3-15(4-2-13)25-5-7-27-8-6-25/h1-4,9-12H,5-8H2,(H2,20,23)(H,21,22). The van der Waals surface area contributed by atoms with E-state index in [1.807, 2.05) is 16.8 Å². The minimum atomic E-state index is 0.393. The molecule has 0 spiro atoms. The first-order chi connectivity index (χ1) is 13.3. The smallest absolute Gasteiger partial charge is 0.180 e. The van der Waals surface area contributed by atoms with Crippen molar-refractivity contribution in [2.24, 2.45) is 0 Å². The second-order valence-electron chi connectivity index (χ2n) is 6.50. The molecule has 0 atom stereocenters. The van der Waals surface area contributed by atoms with Gasteiger partial charge >= 0.3 is 0 Å². The average molecular weight is 361 g/mol. The van der Waals surface area contributed by atoms with Crippen LogP contribution in [0.3, 0.4) is 0 Å². The molecule has 5 rings (SSSR count). The van der Waals surface area contributed by atoms with Crippen LogP contribution in [0.4, 0.5) is 11.5 Å². The largest absolute Gasteiger partial charge is 0.381 e. The summed E-state index contributed by atoms with van der Waals surface area (Å²) in [6.45, 7) is 3.40. The van der Waals surface area contributed by atoms with E-state index in [4.69, 9.17) is 10.5 Å². The molecule has 27 heavy (non-hydrogen) atoms. The lowest BCUT2D eigenvalue weighted by Gasteiger charge is -2.28. The van der Waals surface area contributed by atoms with E-state index in [-0.39, 0.29) is 0 Å². The highest BCUT2D eigenvalue weighted by Gasteiger charge is 2.13. The Kier molecular flexibility index (Phi) is 3.75. The normalized spacial score (nSPS) is 14.7. The summed E-state index contributed by atoms with van der Waals surface area (Å²) in [4.78, 5) is 11.4. The first-order valence-electron chi connectivity index (χ1n) is 8.85. The molecule has 0 saturated carbocycles. The highest BCUT2D eigenvalue weighted by Crippen LogP contribution is 2.26. The highest BCUT2D eigenvalue weighted by molar-refractivity contribution is 5.72. The molecule has 4 heterocycles. The van der Waals surface area contributed by atoms with Crippen molar-refractivity contribution in [2.75, 3.05) is 36.9 Å². The lowest BCUT2D eigenvalue weighted by Crippen LogP contribution is -2.36. The number of benzene rings is 1. The van der Waals surface area contributed by atoms with E-state index in [0.717, 1.165) is 48.8 Å². The molecular weight excluding hydrogens is 342 g/mol. The van der Waals surface area contributed by atoms with Crippen LogP contribution < -0.4 is 10.6 Å². The highest BCUT2D eigenvalue weighted by atomic mass is 16.5. The van der Waals surface area contributed by atoms with E-state index < -0.39 is 0 Å². The number of aromatic nitrogens is 5. The molecule has 1 aliphatic heterocycles. The van der Waals surface area contributed by atoms with Gasteiger partial charge in [0.2, 0.25) is 0 Å². The predicted molar refractivity (Wildman–Crippen MR) is 103 cm³/mol. The van der Waals surface area contributed by atoms with E-state index in [9.17, 15) is 0 Å². The number of hydrogen-bond acceptors (Lipinski definition) is 6. The summed E-state index contributed by atoms with van der Waals surface area (Å²) in [5.74, 6) is 0.393. The number of nitrogen functional groups attached to an aromatic ring is 1. The van der Waals surface area contributed by atoms with Gasteiger partial charge in [0.05, 0.1) is 30.8 Å². The fourth-order valence-corrected chi connectivity index (χ4v) is 3.36. The van der Waals surface area contributed by atoms with Gasteiger partial charge in [0.15, 0.2) is 11.5 Å². The summed E-state index contributed by atoms with van der Waals surface area (Å²) in [5.41, 5.74) is 11.5. The molecule has 1 aliphatic rings. The molecule has 0 aliphatic carbocycles. The summed E-state index contributed by atoms with van der Waals surface area (Å²) < 4.78 is 7.33. The number of morpholine rings is 1. The van der Waals surface area contributed by atoms with Crippen LogP contribution in [0.25, 0.3) is 28.2 Å². The molecule has 0 bridgehead atoms. The second kappa shape index (κ2) is 6.40. The van der Waals surface area contributed by atoms with Crippen LogP contribution in [0.5, 0.6) is 0 Å². The van der Waals surface area contributed by atoms with Gasteiger partial charge < -0.3 is 19.8 Å². The number of H-pyrrole nitrogens is 1. The Morgan fingerprint density at radius 2 is 1.70 bits per heavy atom. The van der Waals surface area contributed by atoms with Crippen LogP contribution in [-0.2, 0) is 4.74 Å². The number of rotatable bonds is 3. The van der Waals surface area contributed by atoms with Gasteiger partial charge in [-0.1, -0.05) is 12.1 Å². The molecule has 0 radical (unpaired) electrons. The predicted octanol–water partition coefficient (Wildman–Crippen LogP) is 2.21.